The Balaban J connectivity index is 2.21. The van der Waals surface area contributed by atoms with Crippen molar-refractivity contribution in [1.29, 1.82) is 0 Å². The van der Waals surface area contributed by atoms with Crippen molar-refractivity contribution < 1.29 is 0 Å². The van der Waals surface area contributed by atoms with Crippen molar-refractivity contribution in [1.82, 2.24) is 0 Å². The normalized spacial score (nSPS) is 15.6. The smallest absolute Gasteiger partial charge is 0.0606 e. The summed E-state index contributed by atoms with van der Waals surface area (Å²) in [5.41, 5.74) is 2.36. The molecule has 0 bridgehead atoms. The third-order valence-corrected chi connectivity index (χ3v) is 2.82. The van der Waals surface area contributed by atoms with E-state index in [1.807, 2.05) is 19.3 Å². The van der Waals surface area contributed by atoms with E-state index in [2.05, 4.69) is 56.7 Å². The highest BCUT2D eigenvalue weighted by atomic mass is 127. The van der Waals surface area contributed by atoms with Gasteiger partial charge in [-0.05, 0) is 53.8 Å². The first-order chi connectivity index (χ1) is 6.75. The van der Waals surface area contributed by atoms with Crippen LogP contribution in [-0.4, -0.2) is 12.3 Å². The molecule has 0 aromatic heterocycles. The lowest BCUT2D eigenvalue weighted by atomic mass is 10.2. The van der Waals surface area contributed by atoms with Crippen molar-refractivity contribution in [3.8, 4) is 0 Å². The molecule has 1 aliphatic rings. The quantitative estimate of drug-likeness (QED) is 0.728. The van der Waals surface area contributed by atoms with Crippen molar-refractivity contribution in [3.63, 3.8) is 0 Å². The van der Waals surface area contributed by atoms with Crippen molar-refractivity contribution in [2.45, 2.75) is 6.92 Å². The average molecular weight is 298 g/mol. The monoisotopic (exact) mass is 298 g/mol. The van der Waals surface area contributed by atoms with Crippen molar-refractivity contribution in [2.75, 3.05) is 11.4 Å². The predicted octanol–water partition coefficient (Wildman–Crippen LogP) is 3.04. The van der Waals surface area contributed by atoms with Gasteiger partial charge in [0.25, 0.3) is 0 Å². The van der Waals surface area contributed by atoms with Gasteiger partial charge in [-0.25, -0.2) is 0 Å². The molecule has 0 atom stereocenters. The minimum atomic E-state index is 0.886. The lowest BCUT2D eigenvalue weighted by molar-refractivity contribution is 1.08. The molecule has 0 saturated heterocycles. The van der Waals surface area contributed by atoms with Crippen LogP contribution in [0, 0.1) is 3.57 Å². The lowest BCUT2D eigenvalue weighted by Crippen LogP contribution is -2.25. The van der Waals surface area contributed by atoms with E-state index in [0.29, 0.717) is 0 Å². The molecule has 0 N–H and O–H groups in total. The van der Waals surface area contributed by atoms with Gasteiger partial charge < -0.3 is 4.90 Å². The van der Waals surface area contributed by atoms with Crippen LogP contribution in [0.3, 0.4) is 0 Å². The number of benzene rings is 1. The maximum Gasteiger partial charge on any atom is 0.0606 e. The van der Waals surface area contributed by atoms with E-state index in [1.165, 1.54) is 9.26 Å². The van der Waals surface area contributed by atoms with Crippen molar-refractivity contribution in [3.05, 3.63) is 40.2 Å². The Bertz CT molecular complexity index is 379. The molecule has 1 aliphatic heterocycles. The number of rotatable bonds is 1. The average Bonchev–Trinajstić information content (AvgIpc) is 2.19. The zero-order chi connectivity index (χ0) is 9.97. The highest BCUT2D eigenvalue weighted by Gasteiger charge is 2.06. The summed E-state index contributed by atoms with van der Waals surface area (Å²) in [5, 5.41) is 0. The summed E-state index contributed by atoms with van der Waals surface area (Å²) in [6, 6.07) is 8.49. The SMILES string of the molecule is CC1=NC=CN(c2ccc(I)cc2)C1. The fourth-order valence-corrected chi connectivity index (χ4v) is 1.75. The van der Waals surface area contributed by atoms with E-state index >= 15 is 0 Å². The predicted molar refractivity (Wildman–Crippen MR) is 68.8 cm³/mol. The Morgan fingerprint density at radius 2 is 2.00 bits per heavy atom. The lowest BCUT2D eigenvalue weighted by Gasteiger charge is -2.22. The van der Waals surface area contributed by atoms with Crippen LogP contribution >= 0.6 is 22.6 Å². The number of nitrogens with zero attached hydrogens (tertiary/aromatic N) is 2. The zero-order valence-corrected chi connectivity index (χ0v) is 10.1. The van der Waals surface area contributed by atoms with Gasteiger partial charge in [-0.3, -0.25) is 4.99 Å². The van der Waals surface area contributed by atoms with E-state index in [0.717, 1.165) is 12.3 Å². The standard InChI is InChI=1S/C11H11IN2/c1-9-8-14(7-6-13-9)11-4-2-10(12)3-5-11/h2-7H,8H2,1H3. The molecule has 2 rings (SSSR count). The Morgan fingerprint density at radius 1 is 1.29 bits per heavy atom. The molecular weight excluding hydrogens is 287 g/mol. The molecule has 2 nitrogen and oxygen atoms in total. The van der Waals surface area contributed by atoms with Crippen LogP contribution in [0.25, 0.3) is 0 Å². The van der Waals surface area contributed by atoms with E-state index < -0.39 is 0 Å². The van der Waals surface area contributed by atoms with Gasteiger partial charge in [-0.2, -0.15) is 0 Å². The number of anilines is 1. The molecule has 14 heavy (non-hydrogen) atoms. The van der Waals surface area contributed by atoms with Crippen LogP contribution in [0.1, 0.15) is 6.92 Å². The summed E-state index contributed by atoms with van der Waals surface area (Å²) in [4.78, 5) is 6.41. The molecule has 0 amide bonds. The molecule has 0 unspecified atom stereocenters. The molecule has 1 aromatic rings. The molecule has 1 aromatic carbocycles. The zero-order valence-electron chi connectivity index (χ0n) is 7.94. The van der Waals surface area contributed by atoms with Crippen LogP contribution in [0.5, 0.6) is 0 Å². The topological polar surface area (TPSA) is 15.6 Å². The van der Waals surface area contributed by atoms with Crippen LogP contribution in [0.2, 0.25) is 0 Å². The second-order valence-corrected chi connectivity index (χ2v) is 4.51. The second-order valence-electron chi connectivity index (χ2n) is 3.27. The fourth-order valence-electron chi connectivity index (χ4n) is 1.39. The summed E-state index contributed by atoms with van der Waals surface area (Å²) in [5.74, 6) is 0. The first kappa shape index (κ1) is 9.71. The van der Waals surface area contributed by atoms with E-state index in [9.17, 15) is 0 Å². The van der Waals surface area contributed by atoms with Gasteiger partial charge in [0, 0.05) is 27.4 Å². The van der Waals surface area contributed by atoms with Gasteiger partial charge in [-0.15, -0.1) is 0 Å². The van der Waals surface area contributed by atoms with Gasteiger partial charge in [-0.1, -0.05) is 0 Å². The highest BCUT2D eigenvalue weighted by molar-refractivity contribution is 14.1. The summed E-state index contributed by atoms with van der Waals surface area (Å²) in [6.07, 6.45) is 3.85. The number of hydrogen-bond acceptors (Lipinski definition) is 2. The Hall–Kier alpha value is -0.840. The van der Waals surface area contributed by atoms with E-state index in [1.54, 1.807) is 0 Å². The van der Waals surface area contributed by atoms with Crippen LogP contribution in [0.15, 0.2) is 41.7 Å². The maximum absolute atomic E-state index is 4.22. The second kappa shape index (κ2) is 4.13. The minimum absolute atomic E-state index is 0.886. The summed E-state index contributed by atoms with van der Waals surface area (Å²) in [7, 11) is 0. The third kappa shape index (κ3) is 2.15. The number of hydrogen-bond donors (Lipinski definition) is 0. The Kier molecular flexibility index (Phi) is 2.86. The van der Waals surface area contributed by atoms with Crippen molar-refractivity contribution in [2.24, 2.45) is 4.99 Å². The Morgan fingerprint density at radius 3 is 2.64 bits per heavy atom. The molecule has 0 aliphatic carbocycles. The van der Waals surface area contributed by atoms with Crippen molar-refractivity contribution >= 4 is 34.0 Å². The molecule has 72 valence electrons. The third-order valence-electron chi connectivity index (χ3n) is 2.10. The summed E-state index contributed by atoms with van der Waals surface area (Å²) >= 11 is 2.31. The first-order valence-electron chi connectivity index (χ1n) is 4.48. The van der Waals surface area contributed by atoms with E-state index in [4.69, 9.17) is 0 Å². The van der Waals surface area contributed by atoms with Gasteiger partial charge in [0.1, 0.15) is 0 Å². The highest BCUT2D eigenvalue weighted by Crippen LogP contribution is 2.18. The molecular formula is C11H11IN2. The Labute approximate surface area is 97.5 Å². The minimum Gasteiger partial charge on any atom is -0.341 e. The molecule has 0 saturated carbocycles. The van der Waals surface area contributed by atoms with E-state index in [-0.39, 0.29) is 0 Å². The fraction of sp³-hybridized carbons (Fsp3) is 0.182. The van der Waals surface area contributed by atoms with Crippen LogP contribution in [-0.2, 0) is 0 Å². The first-order valence-corrected chi connectivity index (χ1v) is 5.56. The summed E-state index contributed by atoms with van der Waals surface area (Å²) < 4.78 is 1.26. The van der Waals surface area contributed by atoms with Gasteiger partial charge in [0.2, 0.25) is 0 Å². The molecule has 0 fully saturated rings. The maximum atomic E-state index is 4.22. The van der Waals surface area contributed by atoms with Gasteiger partial charge >= 0.3 is 0 Å². The molecule has 1 heterocycles. The molecule has 0 spiro atoms. The number of halogens is 1. The van der Waals surface area contributed by atoms with Gasteiger partial charge in [0.05, 0.1) is 6.54 Å². The number of aliphatic imine (C=N–C) groups is 1. The molecule has 3 heteroatoms. The summed E-state index contributed by atoms with van der Waals surface area (Å²) in [6.45, 7) is 2.93. The van der Waals surface area contributed by atoms with Crippen LogP contribution in [0.4, 0.5) is 5.69 Å². The largest absolute Gasteiger partial charge is 0.341 e. The molecule has 0 radical (unpaired) electrons. The van der Waals surface area contributed by atoms with Crippen LogP contribution < -0.4 is 4.90 Å². The van der Waals surface area contributed by atoms with Gasteiger partial charge in [0.15, 0.2) is 0 Å².